The molecule has 1 unspecified atom stereocenters. The Bertz CT molecular complexity index is 662. The number of hydrogen-bond donors (Lipinski definition) is 3. The quantitative estimate of drug-likeness (QED) is 0.519. The van der Waals surface area contributed by atoms with Gasteiger partial charge in [-0.25, -0.2) is 4.79 Å². The highest BCUT2D eigenvalue weighted by molar-refractivity contribution is 7.43. The lowest BCUT2D eigenvalue weighted by atomic mass is 10.1. The molecule has 1 aromatic heterocycles. The molecule has 0 aliphatic carbocycles. The smallest absolute Gasteiger partial charge is 0.330 e. The highest BCUT2D eigenvalue weighted by Crippen LogP contribution is 2.37. The topological polar surface area (TPSA) is 120 Å². The maximum Gasteiger partial charge on any atom is 0.330 e. The number of H-pyrrole nitrogens is 1. The summed E-state index contributed by atoms with van der Waals surface area (Å²) in [7, 11) is -2.05. The SMILES string of the molecule is C#CC[C@H]1O[C@@H](n2cc(C)c(=O)[nH]c2=O)C[C@@H]1OP(N)O. The van der Waals surface area contributed by atoms with Gasteiger partial charge in [0, 0.05) is 24.6 Å². The van der Waals surface area contributed by atoms with Crippen molar-refractivity contribution < 1.29 is 14.2 Å². The Kier molecular flexibility index (Phi) is 4.93. The molecule has 0 amide bonds. The van der Waals surface area contributed by atoms with Gasteiger partial charge in [-0.3, -0.25) is 19.8 Å². The summed E-state index contributed by atoms with van der Waals surface area (Å²) in [6.45, 7) is 1.59. The Morgan fingerprint density at radius 1 is 1.71 bits per heavy atom. The molecule has 9 heteroatoms. The van der Waals surface area contributed by atoms with Crippen molar-refractivity contribution in [3.63, 3.8) is 0 Å². The summed E-state index contributed by atoms with van der Waals surface area (Å²) in [5.41, 5.74) is 4.64. The van der Waals surface area contributed by atoms with Gasteiger partial charge in [-0.2, -0.15) is 0 Å². The van der Waals surface area contributed by atoms with Crippen LogP contribution in [0.4, 0.5) is 0 Å². The monoisotopic (exact) mass is 313 g/mol. The molecule has 4 atom stereocenters. The summed E-state index contributed by atoms with van der Waals surface area (Å²) in [6.07, 6.45) is 5.64. The molecule has 1 fully saturated rings. The second kappa shape index (κ2) is 6.52. The highest BCUT2D eigenvalue weighted by Gasteiger charge is 2.38. The van der Waals surface area contributed by atoms with E-state index >= 15 is 0 Å². The van der Waals surface area contributed by atoms with E-state index in [-0.39, 0.29) is 6.42 Å². The summed E-state index contributed by atoms with van der Waals surface area (Å²) in [5, 5.41) is 0. The average molecular weight is 313 g/mol. The first-order valence-corrected chi connectivity index (χ1v) is 7.52. The first kappa shape index (κ1) is 15.9. The molecule has 0 spiro atoms. The zero-order chi connectivity index (χ0) is 15.6. The third-order valence-electron chi connectivity index (χ3n) is 3.20. The minimum absolute atomic E-state index is 0.265. The van der Waals surface area contributed by atoms with Crippen molar-refractivity contribution in [3.05, 3.63) is 32.6 Å². The standard InChI is InChI=1S/C12H16N3O5P/c1-3-4-8-9(20-21(13)18)5-10(19-8)15-6-7(2)11(16)14-12(15)17/h1,6,8-10,18H,4-5,13H2,2H3,(H,14,16,17)/t8-,9+,10-,21?/m1/s1. The van der Waals surface area contributed by atoms with Gasteiger partial charge in [0.2, 0.25) is 8.53 Å². The maximum atomic E-state index is 11.8. The van der Waals surface area contributed by atoms with E-state index in [4.69, 9.17) is 21.2 Å². The maximum absolute atomic E-state index is 11.8. The number of aromatic amines is 1. The molecule has 8 nitrogen and oxygen atoms in total. The minimum atomic E-state index is -2.05. The van der Waals surface area contributed by atoms with Gasteiger partial charge < -0.3 is 14.2 Å². The predicted octanol–water partition coefficient (Wildman–Crippen LogP) is -0.281. The van der Waals surface area contributed by atoms with E-state index in [0.29, 0.717) is 12.0 Å². The fourth-order valence-corrected chi connectivity index (χ4v) is 2.72. The summed E-state index contributed by atoms with van der Waals surface area (Å²) >= 11 is 0. The molecular weight excluding hydrogens is 297 g/mol. The van der Waals surface area contributed by atoms with Crippen molar-refractivity contribution in [1.29, 1.82) is 0 Å². The van der Waals surface area contributed by atoms with Crippen LogP contribution in [0.2, 0.25) is 0 Å². The lowest BCUT2D eigenvalue weighted by Gasteiger charge is -2.17. The number of nitrogens with one attached hydrogen (secondary N) is 1. The van der Waals surface area contributed by atoms with Crippen LogP contribution < -0.4 is 16.8 Å². The van der Waals surface area contributed by atoms with Crippen LogP contribution in [0.1, 0.15) is 24.6 Å². The molecule has 0 aromatic carbocycles. The molecule has 2 rings (SSSR count). The summed E-state index contributed by atoms with van der Waals surface area (Å²) in [5.74, 6) is 2.45. The zero-order valence-electron chi connectivity index (χ0n) is 11.4. The molecule has 0 saturated carbocycles. The van der Waals surface area contributed by atoms with Crippen LogP contribution in [0.3, 0.4) is 0 Å². The number of nitrogens with two attached hydrogens (primary N) is 1. The van der Waals surface area contributed by atoms with E-state index < -0.39 is 38.2 Å². The second-order valence-electron chi connectivity index (χ2n) is 4.70. The normalized spacial score (nSPS) is 26.5. The van der Waals surface area contributed by atoms with Gasteiger partial charge in [-0.1, -0.05) is 0 Å². The molecule has 2 heterocycles. The Balaban J connectivity index is 2.26. The largest absolute Gasteiger partial charge is 0.351 e. The molecule has 21 heavy (non-hydrogen) atoms. The van der Waals surface area contributed by atoms with E-state index in [1.165, 1.54) is 10.8 Å². The van der Waals surface area contributed by atoms with E-state index in [2.05, 4.69) is 10.9 Å². The van der Waals surface area contributed by atoms with Crippen LogP contribution in [-0.2, 0) is 9.26 Å². The average Bonchev–Trinajstić information content (AvgIpc) is 2.76. The number of aromatic nitrogens is 2. The van der Waals surface area contributed by atoms with E-state index in [1.807, 2.05) is 0 Å². The number of hydrogen-bond acceptors (Lipinski definition) is 6. The van der Waals surface area contributed by atoms with Crippen LogP contribution >= 0.6 is 8.53 Å². The van der Waals surface area contributed by atoms with Crippen molar-refractivity contribution in [2.45, 2.75) is 38.2 Å². The number of ether oxygens (including phenoxy) is 1. The molecule has 1 saturated heterocycles. The Morgan fingerprint density at radius 2 is 2.43 bits per heavy atom. The van der Waals surface area contributed by atoms with Crippen molar-refractivity contribution in [3.8, 4) is 12.3 Å². The van der Waals surface area contributed by atoms with Crippen LogP contribution in [0, 0.1) is 19.3 Å². The van der Waals surface area contributed by atoms with Gasteiger partial charge >= 0.3 is 5.69 Å². The zero-order valence-corrected chi connectivity index (χ0v) is 12.2. The van der Waals surface area contributed by atoms with Crippen molar-refractivity contribution in [2.24, 2.45) is 5.50 Å². The van der Waals surface area contributed by atoms with Crippen LogP contribution in [0.25, 0.3) is 0 Å². The van der Waals surface area contributed by atoms with Gasteiger partial charge in [0.05, 0.1) is 12.2 Å². The number of terminal acetylenes is 1. The second-order valence-corrected chi connectivity index (χ2v) is 5.51. The molecule has 1 aliphatic heterocycles. The predicted molar refractivity (Wildman–Crippen MR) is 76.2 cm³/mol. The highest BCUT2D eigenvalue weighted by atomic mass is 31.2. The van der Waals surface area contributed by atoms with Gasteiger partial charge in [0.1, 0.15) is 6.23 Å². The number of nitrogens with zero attached hydrogens (tertiary/aromatic N) is 1. The van der Waals surface area contributed by atoms with E-state index in [0.717, 1.165) is 0 Å². The third kappa shape index (κ3) is 3.59. The number of aryl methyl sites for hydroxylation is 1. The van der Waals surface area contributed by atoms with Crippen molar-refractivity contribution in [1.82, 2.24) is 9.55 Å². The summed E-state index contributed by atoms with van der Waals surface area (Å²) < 4.78 is 12.2. The fraction of sp³-hybridized carbons (Fsp3) is 0.500. The molecule has 114 valence electrons. The van der Waals surface area contributed by atoms with Crippen molar-refractivity contribution in [2.75, 3.05) is 0 Å². The van der Waals surface area contributed by atoms with Gasteiger partial charge in [-0.05, 0) is 6.92 Å². The number of rotatable bonds is 4. The Hall–Kier alpha value is -1.49. The van der Waals surface area contributed by atoms with Gasteiger partial charge in [-0.15, -0.1) is 12.3 Å². The Morgan fingerprint density at radius 3 is 3.05 bits per heavy atom. The molecule has 0 radical (unpaired) electrons. The molecule has 1 aromatic rings. The van der Waals surface area contributed by atoms with E-state index in [1.54, 1.807) is 6.92 Å². The van der Waals surface area contributed by atoms with Crippen LogP contribution in [-0.4, -0.2) is 26.7 Å². The summed E-state index contributed by atoms with van der Waals surface area (Å²) in [4.78, 5) is 34.6. The molecule has 0 bridgehead atoms. The van der Waals surface area contributed by atoms with Crippen LogP contribution in [0.5, 0.6) is 0 Å². The Labute approximate surface area is 121 Å². The van der Waals surface area contributed by atoms with Gasteiger partial charge in [0.15, 0.2) is 0 Å². The summed E-state index contributed by atoms with van der Waals surface area (Å²) in [6, 6.07) is 0. The van der Waals surface area contributed by atoms with Crippen molar-refractivity contribution >= 4 is 8.53 Å². The fourth-order valence-electron chi connectivity index (χ4n) is 2.22. The lowest BCUT2D eigenvalue weighted by molar-refractivity contribution is -0.0135. The van der Waals surface area contributed by atoms with E-state index in [9.17, 15) is 14.5 Å². The minimum Gasteiger partial charge on any atom is -0.351 e. The molecule has 1 aliphatic rings. The first-order valence-electron chi connectivity index (χ1n) is 6.24. The van der Waals surface area contributed by atoms with Gasteiger partial charge in [0.25, 0.3) is 5.56 Å². The van der Waals surface area contributed by atoms with Crippen LogP contribution in [0.15, 0.2) is 15.8 Å². The first-order chi connectivity index (χ1) is 9.92. The molecular formula is C12H16N3O5P. The lowest BCUT2D eigenvalue weighted by Crippen LogP contribution is -2.33. The third-order valence-corrected chi connectivity index (χ3v) is 3.69. The molecule has 4 N–H and O–H groups in total.